The van der Waals surface area contributed by atoms with E-state index < -0.39 is 12.0 Å². The molecule has 9 nitrogen and oxygen atoms in total. The molecule has 2 aromatic rings. The first-order chi connectivity index (χ1) is 15.5. The Morgan fingerprint density at radius 1 is 1.22 bits per heavy atom. The number of rotatable bonds is 7. The Morgan fingerprint density at radius 3 is 2.66 bits per heavy atom. The molecule has 2 aliphatic rings. The van der Waals surface area contributed by atoms with E-state index in [1.807, 2.05) is 22.9 Å². The van der Waals surface area contributed by atoms with Gasteiger partial charge in [-0.1, -0.05) is 19.3 Å². The van der Waals surface area contributed by atoms with Gasteiger partial charge in [0.05, 0.1) is 27.5 Å². The number of hydrogen-bond donors (Lipinski definition) is 1. The van der Waals surface area contributed by atoms with E-state index in [0.29, 0.717) is 48.7 Å². The highest BCUT2D eigenvalue weighted by atomic mass is 32.1. The summed E-state index contributed by atoms with van der Waals surface area (Å²) in [7, 11) is 3.25. The molecule has 32 heavy (non-hydrogen) atoms. The van der Waals surface area contributed by atoms with E-state index in [2.05, 4.69) is 9.47 Å². The Hall–Kier alpha value is -2.43. The largest absolute Gasteiger partial charge is 0.493 e. The molecule has 2 N–H and O–H groups in total. The molecule has 1 saturated heterocycles. The number of aromatic nitrogens is 3. The van der Waals surface area contributed by atoms with Gasteiger partial charge >= 0.3 is 0 Å². The number of amides is 1. The fraction of sp³-hybridized carbons (Fsp3) is 0.591. The molecule has 1 aromatic heterocycles. The van der Waals surface area contributed by atoms with Crippen molar-refractivity contribution in [1.29, 1.82) is 0 Å². The van der Waals surface area contributed by atoms with Crippen LogP contribution in [0.2, 0.25) is 0 Å². The van der Waals surface area contributed by atoms with Crippen LogP contribution in [-0.4, -0.2) is 65.2 Å². The van der Waals surface area contributed by atoms with Crippen LogP contribution in [0.25, 0.3) is 11.4 Å². The van der Waals surface area contributed by atoms with Crippen molar-refractivity contribution < 1.29 is 19.0 Å². The van der Waals surface area contributed by atoms with E-state index in [9.17, 15) is 4.79 Å². The highest BCUT2D eigenvalue weighted by molar-refractivity contribution is 7.71. The van der Waals surface area contributed by atoms with Gasteiger partial charge < -0.3 is 19.9 Å². The molecule has 1 amide bonds. The standard InChI is InChI=1S/C22H31N5O4S/c1-29-17-9-8-15(12-18(17)30-2)21-24-26(14-25-10-11-31-19(13-25)20(23)28)22(32)27(21)16-6-4-3-5-7-16/h8-9,12,16,19H,3-7,10-11,13-14H2,1-2H3,(H2,23,28). The summed E-state index contributed by atoms with van der Waals surface area (Å²) in [5, 5.41) is 4.93. The minimum absolute atomic E-state index is 0.316. The predicted octanol–water partition coefficient (Wildman–Crippen LogP) is 2.75. The van der Waals surface area contributed by atoms with E-state index in [-0.39, 0.29) is 0 Å². The van der Waals surface area contributed by atoms with Gasteiger partial charge in [-0.2, -0.15) is 5.10 Å². The number of nitrogens with two attached hydrogens (primary N) is 1. The quantitative estimate of drug-likeness (QED) is 0.633. The van der Waals surface area contributed by atoms with Crippen LogP contribution < -0.4 is 15.2 Å². The zero-order valence-corrected chi connectivity index (χ0v) is 19.5. The summed E-state index contributed by atoms with van der Waals surface area (Å²) in [6, 6.07) is 6.13. The van der Waals surface area contributed by atoms with Crippen LogP contribution in [0.15, 0.2) is 18.2 Å². The van der Waals surface area contributed by atoms with Crippen molar-refractivity contribution >= 4 is 18.1 Å². The second-order valence-electron chi connectivity index (χ2n) is 8.32. The molecular formula is C22H31N5O4S. The van der Waals surface area contributed by atoms with Crippen LogP contribution in [0.3, 0.4) is 0 Å². The average molecular weight is 462 g/mol. The number of methoxy groups -OCH3 is 2. The molecule has 0 spiro atoms. The van der Waals surface area contributed by atoms with Gasteiger partial charge in [0.25, 0.3) is 0 Å². The second-order valence-corrected chi connectivity index (χ2v) is 8.68. The van der Waals surface area contributed by atoms with E-state index in [1.165, 1.54) is 19.3 Å². The van der Waals surface area contributed by atoms with Crippen LogP contribution >= 0.6 is 12.2 Å². The maximum atomic E-state index is 11.6. The molecule has 2 fully saturated rings. The summed E-state index contributed by atoms with van der Waals surface area (Å²) < 4.78 is 21.1. The van der Waals surface area contributed by atoms with Gasteiger partial charge in [-0.3, -0.25) is 14.3 Å². The Bertz CT molecular complexity index is 1010. The summed E-state index contributed by atoms with van der Waals surface area (Å²) in [6.07, 6.45) is 5.19. The maximum absolute atomic E-state index is 11.6. The third kappa shape index (κ3) is 4.67. The zero-order valence-electron chi connectivity index (χ0n) is 18.7. The molecule has 0 radical (unpaired) electrons. The van der Waals surface area contributed by atoms with Gasteiger partial charge in [-0.15, -0.1) is 0 Å². The molecule has 0 bridgehead atoms. The fourth-order valence-electron chi connectivity index (χ4n) is 4.55. The molecule has 1 saturated carbocycles. The van der Waals surface area contributed by atoms with Crippen molar-refractivity contribution in [1.82, 2.24) is 19.2 Å². The molecule has 1 atom stereocenters. The minimum atomic E-state index is -0.608. The lowest BCUT2D eigenvalue weighted by Crippen LogP contribution is -2.48. The molecule has 1 aliphatic heterocycles. The van der Waals surface area contributed by atoms with Crippen LogP contribution in [0.5, 0.6) is 11.5 Å². The van der Waals surface area contributed by atoms with Crippen LogP contribution in [-0.2, 0) is 16.2 Å². The van der Waals surface area contributed by atoms with Crippen molar-refractivity contribution in [2.45, 2.75) is 50.9 Å². The van der Waals surface area contributed by atoms with E-state index in [0.717, 1.165) is 24.2 Å². The van der Waals surface area contributed by atoms with E-state index in [1.54, 1.807) is 14.2 Å². The number of nitrogens with zero attached hydrogens (tertiary/aromatic N) is 4. The average Bonchev–Trinajstić information content (AvgIpc) is 3.15. The minimum Gasteiger partial charge on any atom is -0.493 e. The predicted molar refractivity (Wildman–Crippen MR) is 122 cm³/mol. The first kappa shape index (κ1) is 22.8. The first-order valence-corrected chi connectivity index (χ1v) is 11.5. The van der Waals surface area contributed by atoms with Crippen LogP contribution in [0.4, 0.5) is 0 Å². The van der Waals surface area contributed by atoms with Crippen LogP contribution in [0, 0.1) is 4.77 Å². The summed E-state index contributed by atoms with van der Waals surface area (Å²) in [5.74, 6) is 1.70. The smallest absolute Gasteiger partial charge is 0.247 e. The number of primary amides is 1. The Labute approximate surface area is 193 Å². The van der Waals surface area contributed by atoms with Crippen LogP contribution in [0.1, 0.15) is 38.1 Å². The number of carbonyl (C=O) groups excluding carboxylic acids is 1. The van der Waals surface area contributed by atoms with E-state index in [4.69, 9.17) is 37.3 Å². The molecule has 1 aromatic carbocycles. The summed E-state index contributed by atoms with van der Waals surface area (Å²) >= 11 is 5.91. The molecular weight excluding hydrogens is 430 g/mol. The molecule has 1 unspecified atom stereocenters. The van der Waals surface area contributed by atoms with Gasteiger partial charge in [0.1, 0.15) is 6.10 Å². The third-order valence-corrected chi connectivity index (χ3v) is 6.66. The molecule has 1 aliphatic carbocycles. The Balaban J connectivity index is 1.71. The SMILES string of the molecule is COc1ccc(-c2nn(CN3CCOC(C(N)=O)C3)c(=S)n2C2CCCCC2)cc1OC. The Kier molecular flexibility index (Phi) is 7.12. The monoisotopic (exact) mass is 461 g/mol. The number of ether oxygens (including phenoxy) is 3. The maximum Gasteiger partial charge on any atom is 0.247 e. The van der Waals surface area contributed by atoms with Gasteiger partial charge in [0.15, 0.2) is 22.1 Å². The fourth-order valence-corrected chi connectivity index (χ4v) is 4.88. The first-order valence-electron chi connectivity index (χ1n) is 11.1. The van der Waals surface area contributed by atoms with Gasteiger partial charge in [-0.25, -0.2) is 4.68 Å². The summed E-state index contributed by atoms with van der Waals surface area (Å²) in [6.45, 7) is 2.05. The lowest BCUT2D eigenvalue weighted by molar-refractivity contribution is -0.136. The van der Waals surface area contributed by atoms with Crippen molar-refractivity contribution in [3.8, 4) is 22.9 Å². The highest BCUT2D eigenvalue weighted by Gasteiger charge is 2.27. The van der Waals surface area contributed by atoms with Crippen molar-refractivity contribution in [2.24, 2.45) is 5.73 Å². The molecule has 4 rings (SSSR count). The van der Waals surface area contributed by atoms with Gasteiger partial charge in [0.2, 0.25) is 5.91 Å². The van der Waals surface area contributed by atoms with Crippen molar-refractivity contribution in [3.05, 3.63) is 23.0 Å². The molecule has 174 valence electrons. The van der Waals surface area contributed by atoms with Gasteiger partial charge in [0, 0.05) is 24.7 Å². The molecule has 10 heteroatoms. The number of carbonyl (C=O) groups is 1. The van der Waals surface area contributed by atoms with Crippen molar-refractivity contribution in [3.63, 3.8) is 0 Å². The summed E-state index contributed by atoms with van der Waals surface area (Å²) in [4.78, 5) is 13.7. The van der Waals surface area contributed by atoms with Gasteiger partial charge in [-0.05, 0) is 43.3 Å². The molecule has 2 heterocycles. The summed E-state index contributed by atoms with van der Waals surface area (Å²) in [5.41, 5.74) is 6.37. The Morgan fingerprint density at radius 2 is 1.97 bits per heavy atom. The topological polar surface area (TPSA) is 96.8 Å². The van der Waals surface area contributed by atoms with E-state index >= 15 is 0 Å². The highest BCUT2D eigenvalue weighted by Crippen LogP contribution is 2.36. The van der Waals surface area contributed by atoms with Crippen molar-refractivity contribution in [2.75, 3.05) is 33.9 Å². The number of benzene rings is 1. The normalized spacial score (nSPS) is 20.2. The lowest BCUT2D eigenvalue weighted by Gasteiger charge is -2.30. The second kappa shape index (κ2) is 10.0. The third-order valence-electron chi connectivity index (χ3n) is 6.25. The zero-order chi connectivity index (χ0) is 22.7. The number of hydrogen-bond acceptors (Lipinski definition) is 7. The lowest BCUT2D eigenvalue weighted by atomic mass is 9.95. The number of morpholine rings is 1.